The molecule has 3 aliphatic heterocycles. The highest BCUT2D eigenvalue weighted by molar-refractivity contribution is 5.92. The summed E-state index contributed by atoms with van der Waals surface area (Å²) in [6.45, 7) is 3.39. The van der Waals surface area contributed by atoms with E-state index in [1.54, 1.807) is 24.6 Å². The van der Waals surface area contributed by atoms with Crippen molar-refractivity contribution in [1.82, 2.24) is 14.9 Å². The van der Waals surface area contributed by atoms with Crippen LogP contribution in [0, 0.1) is 0 Å². The maximum Gasteiger partial charge on any atom is 0.586 e. The van der Waals surface area contributed by atoms with E-state index in [9.17, 15) is 23.2 Å². The molecule has 0 bridgehead atoms. The van der Waals surface area contributed by atoms with Gasteiger partial charge in [0.2, 0.25) is 5.60 Å². The molecule has 0 aliphatic carbocycles. The van der Waals surface area contributed by atoms with E-state index >= 15 is 0 Å². The monoisotopic (exact) mass is 527 g/mol. The van der Waals surface area contributed by atoms with Gasteiger partial charge in [-0.1, -0.05) is 13.8 Å². The van der Waals surface area contributed by atoms with Crippen LogP contribution in [-0.4, -0.2) is 41.4 Å². The first-order valence-corrected chi connectivity index (χ1v) is 12.2. The topological polar surface area (TPSA) is 118 Å². The van der Waals surface area contributed by atoms with Gasteiger partial charge in [-0.2, -0.15) is 0 Å². The number of alkyl halides is 2. The first-order valence-electron chi connectivity index (χ1n) is 12.2. The number of likely N-dealkylation sites (N-methyl/N-ethyl adjacent to an activating group) is 1. The molecule has 10 nitrogen and oxygen atoms in total. The van der Waals surface area contributed by atoms with E-state index in [1.807, 2.05) is 6.92 Å². The molecule has 5 heterocycles. The van der Waals surface area contributed by atoms with Gasteiger partial charge in [0.15, 0.2) is 11.5 Å². The van der Waals surface area contributed by atoms with Gasteiger partial charge in [0.25, 0.3) is 5.56 Å². The predicted octanol–water partition coefficient (Wildman–Crippen LogP) is 2.73. The number of hydrogen-bond donors (Lipinski definition) is 1. The van der Waals surface area contributed by atoms with Crippen molar-refractivity contribution >= 4 is 22.8 Å². The average molecular weight is 527 g/mol. The van der Waals surface area contributed by atoms with Crippen molar-refractivity contribution in [2.75, 3.05) is 13.6 Å². The fourth-order valence-electron chi connectivity index (χ4n) is 5.54. The molecule has 198 valence electrons. The van der Waals surface area contributed by atoms with Crippen LogP contribution < -0.4 is 20.3 Å². The Kier molecular flexibility index (Phi) is 5.25. The molecule has 1 atom stereocenters. The SMILES string of the molecule is CCc1c2c(nc3cc4c(cc13)OC(F)(F)O4)-c1cc3c(c(=O)n1C2)COC(=O)C3(CC)OC(=O)CNC. The molecule has 38 heavy (non-hydrogen) atoms. The number of aryl methyl sites for hydroxylation is 1. The summed E-state index contributed by atoms with van der Waals surface area (Å²) in [5.74, 6) is -1.66. The van der Waals surface area contributed by atoms with Crippen LogP contribution in [0.2, 0.25) is 0 Å². The Balaban J connectivity index is 1.57. The van der Waals surface area contributed by atoms with Crippen LogP contribution in [0.3, 0.4) is 0 Å². The van der Waals surface area contributed by atoms with Gasteiger partial charge >= 0.3 is 18.2 Å². The fraction of sp³-hybridized carbons (Fsp3) is 0.385. The Labute approximate surface area is 214 Å². The lowest BCUT2D eigenvalue weighted by Gasteiger charge is -2.35. The number of benzene rings is 1. The van der Waals surface area contributed by atoms with Gasteiger partial charge in [-0.05, 0) is 37.6 Å². The molecule has 0 spiro atoms. The summed E-state index contributed by atoms with van der Waals surface area (Å²) >= 11 is 0. The van der Waals surface area contributed by atoms with Crippen molar-refractivity contribution in [2.45, 2.75) is 51.7 Å². The molecule has 3 aliphatic rings. The maximum absolute atomic E-state index is 13.7. The van der Waals surface area contributed by atoms with Crippen LogP contribution in [0.15, 0.2) is 23.0 Å². The van der Waals surface area contributed by atoms with Crippen LogP contribution in [0.4, 0.5) is 8.78 Å². The molecule has 0 fully saturated rings. The number of carbonyl (C=O) groups is 2. The van der Waals surface area contributed by atoms with Crippen LogP contribution in [0.5, 0.6) is 11.5 Å². The lowest BCUT2D eigenvalue weighted by atomic mass is 9.85. The number of rotatable bonds is 5. The Morgan fingerprint density at radius 1 is 1.16 bits per heavy atom. The molecule has 0 amide bonds. The standard InChI is InChI=1S/C26H23F2N3O7/c1-4-12-13-6-19-20(37-26(27,28)36-19)8-17(13)30-22-14(12)10-31-18(22)7-16-15(23(31)33)11-35-24(34)25(16,5-2)38-21(32)9-29-3/h6-8,29H,4-5,9-11H2,1-3H3. The zero-order valence-corrected chi connectivity index (χ0v) is 20.8. The summed E-state index contributed by atoms with van der Waals surface area (Å²) in [6.07, 6.45) is -3.19. The Bertz CT molecular complexity index is 1620. The lowest BCUT2D eigenvalue weighted by Crippen LogP contribution is -2.48. The zero-order valence-electron chi connectivity index (χ0n) is 20.8. The number of carbonyl (C=O) groups excluding carboxylic acids is 2. The second-order valence-electron chi connectivity index (χ2n) is 9.33. The molecule has 12 heteroatoms. The first kappa shape index (κ1) is 24.3. The highest BCUT2D eigenvalue weighted by Gasteiger charge is 2.50. The maximum atomic E-state index is 13.7. The van der Waals surface area contributed by atoms with Gasteiger partial charge in [0.1, 0.15) is 6.61 Å². The van der Waals surface area contributed by atoms with E-state index in [4.69, 9.17) is 14.5 Å². The van der Waals surface area contributed by atoms with Crippen LogP contribution >= 0.6 is 0 Å². The van der Waals surface area contributed by atoms with Crippen molar-refractivity contribution in [1.29, 1.82) is 0 Å². The normalized spacial score (nSPS) is 20.1. The van der Waals surface area contributed by atoms with Gasteiger partial charge in [-0.25, -0.2) is 9.78 Å². The third-order valence-electron chi connectivity index (χ3n) is 7.26. The highest BCUT2D eigenvalue weighted by atomic mass is 19.3. The minimum atomic E-state index is -3.77. The second-order valence-corrected chi connectivity index (χ2v) is 9.33. The number of cyclic esters (lactones) is 1. The summed E-state index contributed by atoms with van der Waals surface area (Å²) in [5, 5.41) is 3.30. The minimum absolute atomic E-state index is 0.0487. The Morgan fingerprint density at radius 3 is 2.58 bits per heavy atom. The number of nitrogens with one attached hydrogen (secondary N) is 1. The molecule has 1 unspecified atom stereocenters. The summed E-state index contributed by atoms with van der Waals surface area (Å²) in [5.41, 5.74) is 1.19. The number of ether oxygens (including phenoxy) is 4. The lowest BCUT2D eigenvalue weighted by molar-refractivity contribution is -0.286. The highest BCUT2D eigenvalue weighted by Crippen LogP contribution is 2.46. The number of nitrogens with zero attached hydrogens (tertiary/aromatic N) is 2. The van der Waals surface area contributed by atoms with Crippen molar-refractivity contribution in [3.05, 3.63) is 50.8 Å². The van der Waals surface area contributed by atoms with Crippen molar-refractivity contribution in [3.63, 3.8) is 0 Å². The predicted molar refractivity (Wildman–Crippen MR) is 128 cm³/mol. The van der Waals surface area contributed by atoms with Crippen LogP contribution in [0.25, 0.3) is 22.3 Å². The molecule has 0 radical (unpaired) electrons. The Morgan fingerprint density at radius 2 is 1.89 bits per heavy atom. The van der Waals surface area contributed by atoms with E-state index in [0.29, 0.717) is 28.7 Å². The number of hydrogen-bond acceptors (Lipinski definition) is 9. The average Bonchev–Trinajstić information content (AvgIpc) is 3.38. The van der Waals surface area contributed by atoms with E-state index in [0.717, 1.165) is 11.1 Å². The molecule has 3 aromatic rings. The van der Waals surface area contributed by atoms with E-state index in [1.165, 1.54) is 12.1 Å². The molecule has 1 N–H and O–H groups in total. The van der Waals surface area contributed by atoms with Crippen molar-refractivity contribution in [2.24, 2.45) is 0 Å². The van der Waals surface area contributed by atoms with Gasteiger partial charge in [-0.3, -0.25) is 9.59 Å². The van der Waals surface area contributed by atoms with Gasteiger partial charge in [0.05, 0.1) is 35.6 Å². The number of halogens is 2. The van der Waals surface area contributed by atoms with Gasteiger partial charge < -0.3 is 28.8 Å². The molecule has 0 saturated heterocycles. The Hall–Kier alpha value is -4.06. The van der Waals surface area contributed by atoms with E-state index < -0.39 is 23.8 Å². The molecule has 0 saturated carbocycles. The molecule has 2 aromatic heterocycles. The summed E-state index contributed by atoms with van der Waals surface area (Å²) < 4.78 is 49.2. The zero-order chi connectivity index (χ0) is 27.0. The fourth-order valence-corrected chi connectivity index (χ4v) is 5.54. The summed E-state index contributed by atoms with van der Waals surface area (Å²) in [7, 11) is 1.57. The van der Waals surface area contributed by atoms with Gasteiger partial charge in [0, 0.05) is 22.6 Å². The number of aromatic nitrogens is 2. The van der Waals surface area contributed by atoms with Gasteiger partial charge in [-0.15, -0.1) is 8.78 Å². The smallest absolute Gasteiger partial charge is 0.457 e. The van der Waals surface area contributed by atoms with E-state index in [-0.39, 0.29) is 54.3 Å². The third kappa shape index (κ3) is 3.32. The van der Waals surface area contributed by atoms with Crippen molar-refractivity contribution in [3.8, 4) is 22.9 Å². The van der Waals surface area contributed by atoms with Crippen LogP contribution in [-0.2, 0) is 44.2 Å². The summed E-state index contributed by atoms with van der Waals surface area (Å²) in [4.78, 5) is 43.9. The molecule has 1 aromatic carbocycles. The van der Waals surface area contributed by atoms with Crippen LogP contribution in [0.1, 0.15) is 42.5 Å². The minimum Gasteiger partial charge on any atom is -0.457 e. The largest absolute Gasteiger partial charge is 0.586 e. The summed E-state index contributed by atoms with van der Waals surface area (Å²) in [6, 6.07) is 4.51. The number of esters is 2. The number of fused-ring (bicyclic) bond motifs is 6. The first-order chi connectivity index (χ1) is 18.1. The van der Waals surface area contributed by atoms with E-state index in [2.05, 4.69) is 14.8 Å². The van der Waals surface area contributed by atoms with Crippen molar-refractivity contribution < 1.29 is 37.3 Å². The molecular formula is C26H23F2N3O7. The molecule has 6 rings (SSSR count). The number of pyridine rings is 2. The quantitative estimate of drug-likeness (QED) is 0.391. The molecular weight excluding hydrogens is 504 g/mol. The third-order valence-corrected chi connectivity index (χ3v) is 7.26. The second kappa shape index (κ2) is 8.22.